The summed E-state index contributed by atoms with van der Waals surface area (Å²) in [6, 6.07) is 9.79. The minimum Gasteiger partial charge on any atom is -0.143 e. The lowest BCUT2D eigenvalue weighted by Gasteiger charge is -1.81. The molecule has 0 aromatic heterocycles. The number of hydrogen-bond acceptors (Lipinski definition) is 1. The van der Waals surface area contributed by atoms with Crippen LogP contribution in [-0.2, 0) is 0 Å². The van der Waals surface area contributed by atoms with Gasteiger partial charge in [0, 0.05) is 4.90 Å². The van der Waals surface area contributed by atoms with Gasteiger partial charge < -0.3 is 0 Å². The molecule has 0 fully saturated rings. The van der Waals surface area contributed by atoms with Gasteiger partial charge in [-0.3, -0.25) is 0 Å². The summed E-state index contributed by atoms with van der Waals surface area (Å²) in [5.74, 6) is 0. The Kier molecular flexibility index (Phi) is 2.90. The normalized spacial score (nSPS) is 15.8. The van der Waals surface area contributed by atoms with Crippen molar-refractivity contribution in [2.75, 3.05) is 0 Å². The quantitative estimate of drug-likeness (QED) is 0.605. The standard InChI is InChI=1S/C7H6.C6H6S/c1-2-7-4-3-6(1)5-7;7-6-4-2-1-3-5-6/h1-4H,5H2;1-5,7H. The molecule has 3 rings (SSSR count). The van der Waals surface area contributed by atoms with Crippen LogP contribution in [0.4, 0.5) is 0 Å². The molecule has 1 heteroatoms. The average molecular weight is 200 g/mol. The fourth-order valence-electron chi connectivity index (χ4n) is 1.44. The van der Waals surface area contributed by atoms with Crippen molar-refractivity contribution in [3.8, 4) is 0 Å². The van der Waals surface area contributed by atoms with E-state index in [4.69, 9.17) is 0 Å². The molecular weight excluding hydrogens is 188 g/mol. The maximum absolute atomic E-state index is 4.08. The Morgan fingerprint density at radius 3 is 1.64 bits per heavy atom. The van der Waals surface area contributed by atoms with Gasteiger partial charge in [-0.25, -0.2) is 0 Å². The van der Waals surface area contributed by atoms with Gasteiger partial charge in [0.1, 0.15) is 0 Å². The number of benzene rings is 1. The van der Waals surface area contributed by atoms with Crippen molar-refractivity contribution in [3.05, 3.63) is 65.8 Å². The van der Waals surface area contributed by atoms with Gasteiger partial charge in [0.25, 0.3) is 0 Å². The van der Waals surface area contributed by atoms with E-state index in [-0.39, 0.29) is 0 Å². The molecule has 2 bridgehead atoms. The number of rotatable bonds is 0. The van der Waals surface area contributed by atoms with Crippen LogP contribution in [0.25, 0.3) is 0 Å². The van der Waals surface area contributed by atoms with Crippen molar-refractivity contribution in [3.63, 3.8) is 0 Å². The van der Waals surface area contributed by atoms with Crippen LogP contribution in [0.1, 0.15) is 6.42 Å². The van der Waals surface area contributed by atoms with Gasteiger partial charge in [-0.2, -0.15) is 0 Å². The number of fused-ring (bicyclic) bond motifs is 2. The van der Waals surface area contributed by atoms with Gasteiger partial charge in [0.15, 0.2) is 0 Å². The van der Waals surface area contributed by atoms with Crippen molar-refractivity contribution in [2.24, 2.45) is 0 Å². The molecule has 0 radical (unpaired) electrons. The molecule has 0 amide bonds. The molecule has 0 spiro atoms. The molecule has 2 aliphatic rings. The summed E-state index contributed by atoms with van der Waals surface area (Å²) in [7, 11) is 0. The van der Waals surface area contributed by atoms with Gasteiger partial charge in [-0.05, 0) is 29.7 Å². The molecule has 0 atom stereocenters. The fraction of sp³-hybridized carbons (Fsp3) is 0.0769. The number of thiol groups is 1. The first-order valence-electron chi connectivity index (χ1n) is 4.66. The fourth-order valence-corrected chi connectivity index (χ4v) is 1.61. The zero-order valence-corrected chi connectivity index (χ0v) is 8.74. The van der Waals surface area contributed by atoms with Gasteiger partial charge in [-0.1, -0.05) is 42.5 Å². The van der Waals surface area contributed by atoms with Gasteiger partial charge in [0.2, 0.25) is 0 Å². The highest BCUT2D eigenvalue weighted by Crippen LogP contribution is 2.27. The molecular formula is C13H12S. The minimum absolute atomic E-state index is 1.02. The van der Waals surface area contributed by atoms with E-state index < -0.39 is 0 Å². The maximum atomic E-state index is 4.08. The van der Waals surface area contributed by atoms with Gasteiger partial charge >= 0.3 is 0 Å². The maximum Gasteiger partial charge on any atom is 0.00399 e. The van der Waals surface area contributed by atoms with Crippen molar-refractivity contribution in [2.45, 2.75) is 11.3 Å². The highest BCUT2D eigenvalue weighted by Gasteiger charge is 2.07. The Hall–Kier alpha value is -1.21. The van der Waals surface area contributed by atoms with Crippen LogP contribution in [0.3, 0.4) is 0 Å². The van der Waals surface area contributed by atoms with Crippen LogP contribution in [0.2, 0.25) is 0 Å². The SMILES string of the molecule is C1=CC2=CC=C1C2.Sc1ccccc1. The molecule has 0 heterocycles. The third-order valence-electron chi connectivity index (χ3n) is 2.19. The minimum atomic E-state index is 1.02. The molecule has 0 unspecified atom stereocenters. The van der Waals surface area contributed by atoms with Crippen LogP contribution < -0.4 is 0 Å². The van der Waals surface area contributed by atoms with E-state index >= 15 is 0 Å². The second kappa shape index (κ2) is 4.34. The molecule has 0 aliphatic heterocycles. The molecule has 1 aromatic rings. The summed E-state index contributed by atoms with van der Waals surface area (Å²) in [6.45, 7) is 0. The lowest BCUT2D eigenvalue weighted by molar-refractivity contribution is 1.32. The lowest BCUT2D eigenvalue weighted by Crippen LogP contribution is -1.59. The zero-order chi connectivity index (χ0) is 9.80. The monoisotopic (exact) mass is 200 g/mol. The lowest BCUT2D eigenvalue weighted by atomic mass is 10.3. The Bertz CT molecular complexity index is 377. The summed E-state index contributed by atoms with van der Waals surface area (Å²) in [6.07, 6.45) is 9.90. The average Bonchev–Trinajstić information content (AvgIpc) is 2.83. The molecule has 0 nitrogen and oxygen atoms in total. The summed E-state index contributed by atoms with van der Waals surface area (Å²) < 4.78 is 0. The number of allylic oxidation sites excluding steroid dienone is 6. The van der Waals surface area contributed by atoms with Crippen LogP contribution in [0.15, 0.2) is 70.7 Å². The Morgan fingerprint density at radius 2 is 1.43 bits per heavy atom. The van der Waals surface area contributed by atoms with Crippen LogP contribution in [0.5, 0.6) is 0 Å². The third-order valence-corrected chi connectivity index (χ3v) is 2.49. The van der Waals surface area contributed by atoms with Crippen LogP contribution in [0, 0.1) is 0 Å². The van der Waals surface area contributed by atoms with Crippen molar-refractivity contribution in [1.29, 1.82) is 0 Å². The first-order chi connectivity index (χ1) is 6.84. The molecule has 1 aromatic carbocycles. The highest BCUT2D eigenvalue weighted by atomic mass is 32.1. The van der Waals surface area contributed by atoms with Crippen LogP contribution >= 0.6 is 12.6 Å². The molecule has 0 saturated carbocycles. The predicted molar refractivity (Wildman–Crippen MR) is 63.6 cm³/mol. The van der Waals surface area contributed by atoms with E-state index in [9.17, 15) is 0 Å². The van der Waals surface area contributed by atoms with E-state index in [0.29, 0.717) is 0 Å². The first kappa shape index (κ1) is 9.35. The van der Waals surface area contributed by atoms with Crippen LogP contribution in [-0.4, -0.2) is 0 Å². The zero-order valence-electron chi connectivity index (χ0n) is 7.85. The molecule has 2 aliphatic carbocycles. The molecule has 70 valence electrons. The third kappa shape index (κ3) is 2.39. The summed E-state index contributed by atoms with van der Waals surface area (Å²) in [5, 5.41) is 0. The number of hydrogen-bond donors (Lipinski definition) is 1. The second-order valence-corrected chi connectivity index (χ2v) is 3.85. The highest BCUT2D eigenvalue weighted by molar-refractivity contribution is 7.80. The first-order valence-corrected chi connectivity index (χ1v) is 5.11. The molecule has 14 heavy (non-hydrogen) atoms. The van der Waals surface area contributed by atoms with E-state index in [2.05, 4.69) is 36.9 Å². The smallest absolute Gasteiger partial charge is 0.00399 e. The molecule has 0 saturated heterocycles. The predicted octanol–water partition coefficient (Wildman–Crippen LogP) is 3.79. The van der Waals surface area contributed by atoms with Gasteiger partial charge in [0.05, 0.1) is 0 Å². The topological polar surface area (TPSA) is 0 Å². The summed E-state index contributed by atoms with van der Waals surface area (Å²) in [4.78, 5) is 1.02. The van der Waals surface area contributed by atoms with Crippen molar-refractivity contribution < 1.29 is 0 Å². The Balaban J connectivity index is 0.000000107. The van der Waals surface area contributed by atoms with Gasteiger partial charge in [-0.15, -0.1) is 12.6 Å². The van der Waals surface area contributed by atoms with E-state index in [1.165, 1.54) is 17.6 Å². The Labute approximate surface area is 90.1 Å². The van der Waals surface area contributed by atoms with E-state index in [1.807, 2.05) is 30.3 Å². The van der Waals surface area contributed by atoms with Crippen molar-refractivity contribution >= 4 is 12.6 Å². The van der Waals surface area contributed by atoms with Crippen molar-refractivity contribution in [1.82, 2.24) is 0 Å². The molecule has 0 N–H and O–H groups in total. The summed E-state index contributed by atoms with van der Waals surface area (Å²) in [5.41, 5.74) is 2.94. The van der Waals surface area contributed by atoms with E-state index in [1.54, 1.807) is 0 Å². The second-order valence-electron chi connectivity index (χ2n) is 3.33. The Morgan fingerprint density at radius 1 is 0.857 bits per heavy atom. The largest absolute Gasteiger partial charge is 0.143 e. The van der Waals surface area contributed by atoms with E-state index in [0.717, 1.165) is 4.90 Å². The summed E-state index contributed by atoms with van der Waals surface area (Å²) >= 11 is 4.08.